The molecule has 1 saturated heterocycles. The highest BCUT2D eigenvalue weighted by Gasteiger charge is 2.29. The molecule has 23 heavy (non-hydrogen) atoms. The average Bonchev–Trinajstić information content (AvgIpc) is 2.77. The molecule has 0 radical (unpaired) electrons. The van der Waals surface area contributed by atoms with E-state index >= 15 is 0 Å². The van der Waals surface area contributed by atoms with Gasteiger partial charge in [0.05, 0.1) is 17.3 Å². The maximum Gasteiger partial charge on any atom is 0.276 e. The van der Waals surface area contributed by atoms with Gasteiger partial charge >= 0.3 is 0 Å². The summed E-state index contributed by atoms with van der Waals surface area (Å²) in [6.07, 6.45) is 2.64. The highest BCUT2D eigenvalue weighted by molar-refractivity contribution is 14.1. The van der Waals surface area contributed by atoms with Crippen LogP contribution in [0.25, 0.3) is 6.08 Å². The van der Waals surface area contributed by atoms with E-state index in [2.05, 4.69) is 27.9 Å². The summed E-state index contributed by atoms with van der Waals surface area (Å²) in [5.74, 6) is 1.26. The van der Waals surface area contributed by atoms with Crippen LogP contribution < -0.4 is 14.8 Å². The van der Waals surface area contributed by atoms with E-state index in [4.69, 9.17) is 21.7 Å². The van der Waals surface area contributed by atoms with Crippen LogP contribution in [0.15, 0.2) is 17.8 Å². The lowest BCUT2D eigenvalue weighted by Crippen LogP contribution is -2.31. The quantitative estimate of drug-likeness (QED) is 0.414. The molecule has 0 atom stereocenters. The second kappa shape index (κ2) is 7.96. The number of benzene rings is 1. The molecule has 1 heterocycles. The summed E-state index contributed by atoms with van der Waals surface area (Å²) in [5.41, 5.74) is 1.33. The molecule has 1 aromatic rings. The minimum atomic E-state index is -0.0975. The standard InChI is InChI=1S/C16H19IN2O3S/c1-4-6-19-15(20)12(18-16(19)23)8-10-7-11(17)14(22-5-2)13(9-10)21-3/h7-9H,4-6H2,1-3H3,(H,18,23)/b12-8-. The molecular formula is C16H19IN2O3S. The number of ether oxygens (including phenoxy) is 2. The molecule has 1 amide bonds. The molecule has 1 fully saturated rings. The summed E-state index contributed by atoms with van der Waals surface area (Å²) >= 11 is 7.41. The lowest BCUT2D eigenvalue weighted by molar-refractivity contribution is -0.122. The van der Waals surface area contributed by atoms with Gasteiger partial charge in [0.25, 0.3) is 5.91 Å². The predicted octanol–water partition coefficient (Wildman–Crippen LogP) is 3.17. The van der Waals surface area contributed by atoms with Crippen molar-refractivity contribution in [3.05, 3.63) is 27.0 Å². The molecular weight excluding hydrogens is 427 g/mol. The molecule has 0 saturated carbocycles. The second-order valence-corrected chi connectivity index (χ2v) is 6.46. The molecule has 0 unspecified atom stereocenters. The third-order valence-electron chi connectivity index (χ3n) is 3.26. The Morgan fingerprint density at radius 2 is 2.13 bits per heavy atom. The fraction of sp³-hybridized carbons (Fsp3) is 0.375. The number of carbonyl (C=O) groups excluding carboxylic acids is 1. The molecule has 0 bridgehead atoms. The van der Waals surface area contributed by atoms with Gasteiger partial charge in [-0.05, 0) is 71.9 Å². The van der Waals surface area contributed by atoms with E-state index in [9.17, 15) is 4.79 Å². The Balaban J connectivity index is 2.34. The number of thiocarbonyl (C=S) groups is 1. The van der Waals surface area contributed by atoms with Gasteiger partial charge in [-0.2, -0.15) is 0 Å². The van der Waals surface area contributed by atoms with Crippen LogP contribution in [0, 0.1) is 3.57 Å². The summed E-state index contributed by atoms with van der Waals surface area (Å²) in [6, 6.07) is 3.79. The summed E-state index contributed by atoms with van der Waals surface area (Å²) in [4.78, 5) is 14.0. The van der Waals surface area contributed by atoms with Crippen LogP contribution in [0.2, 0.25) is 0 Å². The lowest BCUT2D eigenvalue weighted by Gasteiger charge is -2.12. The van der Waals surface area contributed by atoms with E-state index in [1.165, 1.54) is 0 Å². The Kier molecular flexibility index (Phi) is 6.23. The predicted molar refractivity (Wildman–Crippen MR) is 103 cm³/mol. The van der Waals surface area contributed by atoms with Crippen molar-refractivity contribution in [2.75, 3.05) is 20.3 Å². The fourth-order valence-corrected chi connectivity index (χ4v) is 3.34. The smallest absolute Gasteiger partial charge is 0.276 e. The summed E-state index contributed by atoms with van der Waals surface area (Å²) in [7, 11) is 1.60. The fourth-order valence-electron chi connectivity index (χ4n) is 2.27. The van der Waals surface area contributed by atoms with Gasteiger partial charge in [-0.1, -0.05) is 6.92 Å². The molecule has 2 rings (SSSR count). The van der Waals surface area contributed by atoms with Crippen molar-refractivity contribution in [2.45, 2.75) is 20.3 Å². The highest BCUT2D eigenvalue weighted by Crippen LogP contribution is 2.34. The Labute approximate surface area is 155 Å². The maximum absolute atomic E-state index is 12.4. The zero-order chi connectivity index (χ0) is 17.0. The van der Waals surface area contributed by atoms with Gasteiger partial charge in [-0.3, -0.25) is 9.69 Å². The van der Waals surface area contributed by atoms with Gasteiger partial charge in [0.15, 0.2) is 16.6 Å². The van der Waals surface area contributed by atoms with Crippen LogP contribution >= 0.6 is 34.8 Å². The van der Waals surface area contributed by atoms with Crippen molar-refractivity contribution in [3.63, 3.8) is 0 Å². The molecule has 0 aliphatic carbocycles. The summed E-state index contributed by atoms with van der Waals surface area (Å²) in [5, 5.41) is 3.43. The summed E-state index contributed by atoms with van der Waals surface area (Å²) in [6.45, 7) is 5.12. The first-order valence-electron chi connectivity index (χ1n) is 7.36. The molecule has 124 valence electrons. The van der Waals surface area contributed by atoms with Crippen LogP contribution in [0.3, 0.4) is 0 Å². The van der Waals surface area contributed by atoms with Gasteiger partial charge in [0.2, 0.25) is 0 Å². The number of amides is 1. The van der Waals surface area contributed by atoms with Crippen molar-refractivity contribution >= 4 is 51.9 Å². The number of nitrogens with zero attached hydrogens (tertiary/aromatic N) is 1. The first-order chi connectivity index (χ1) is 11.0. The Morgan fingerprint density at radius 3 is 2.74 bits per heavy atom. The van der Waals surface area contributed by atoms with E-state index in [1.54, 1.807) is 18.1 Å². The number of methoxy groups -OCH3 is 1. The first kappa shape index (κ1) is 18.0. The topological polar surface area (TPSA) is 50.8 Å². The average molecular weight is 446 g/mol. The van der Waals surface area contributed by atoms with Crippen LogP contribution in [0.4, 0.5) is 0 Å². The monoisotopic (exact) mass is 446 g/mol. The highest BCUT2D eigenvalue weighted by atomic mass is 127. The number of halogens is 1. The largest absolute Gasteiger partial charge is 0.493 e. The molecule has 1 N–H and O–H groups in total. The van der Waals surface area contributed by atoms with Crippen LogP contribution in [-0.4, -0.2) is 36.2 Å². The minimum Gasteiger partial charge on any atom is -0.493 e. The van der Waals surface area contributed by atoms with Gasteiger partial charge in [-0.25, -0.2) is 0 Å². The molecule has 1 aliphatic heterocycles. The Morgan fingerprint density at radius 1 is 1.39 bits per heavy atom. The van der Waals surface area contributed by atoms with Crippen molar-refractivity contribution in [1.82, 2.24) is 10.2 Å². The van der Waals surface area contributed by atoms with Gasteiger partial charge < -0.3 is 14.8 Å². The number of carbonyl (C=O) groups is 1. The van der Waals surface area contributed by atoms with Crippen molar-refractivity contribution in [1.29, 1.82) is 0 Å². The molecule has 5 nitrogen and oxygen atoms in total. The molecule has 1 aliphatic rings. The third kappa shape index (κ3) is 3.95. The molecule has 7 heteroatoms. The van der Waals surface area contributed by atoms with E-state index < -0.39 is 0 Å². The molecule has 1 aromatic carbocycles. The maximum atomic E-state index is 12.4. The third-order valence-corrected chi connectivity index (χ3v) is 4.38. The Bertz CT molecular complexity index is 661. The van der Waals surface area contributed by atoms with Crippen molar-refractivity contribution < 1.29 is 14.3 Å². The van der Waals surface area contributed by atoms with Crippen molar-refractivity contribution in [2.24, 2.45) is 0 Å². The first-order valence-corrected chi connectivity index (χ1v) is 8.85. The number of hydrogen-bond donors (Lipinski definition) is 1. The number of rotatable bonds is 6. The second-order valence-electron chi connectivity index (χ2n) is 4.91. The number of hydrogen-bond acceptors (Lipinski definition) is 4. The van der Waals surface area contributed by atoms with Crippen molar-refractivity contribution in [3.8, 4) is 11.5 Å². The van der Waals surface area contributed by atoms with Crippen LogP contribution in [-0.2, 0) is 4.79 Å². The minimum absolute atomic E-state index is 0.0975. The number of nitrogens with one attached hydrogen (secondary N) is 1. The van der Waals surface area contributed by atoms with E-state index in [1.807, 2.05) is 26.0 Å². The lowest BCUT2D eigenvalue weighted by atomic mass is 10.1. The van der Waals surface area contributed by atoms with Crippen LogP contribution in [0.5, 0.6) is 11.5 Å². The van der Waals surface area contributed by atoms with Crippen LogP contribution in [0.1, 0.15) is 25.8 Å². The van der Waals surface area contributed by atoms with Gasteiger partial charge in [-0.15, -0.1) is 0 Å². The normalized spacial score (nSPS) is 16.0. The summed E-state index contributed by atoms with van der Waals surface area (Å²) < 4.78 is 11.9. The molecule has 0 spiro atoms. The van der Waals surface area contributed by atoms with E-state index in [0.29, 0.717) is 35.5 Å². The van der Waals surface area contributed by atoms with E-state index in [-0.39, 0.29) is 5.91 Å². The van der Waals surface area contributed by atoms with Gasteiger partial charge in [0.1, 0.15) is 5.70 Å². The zero-order valence-electron chi connectivity index (χ0n) is 13.3. The van der Waals surface area contributed by atoms with Gasteiger partial charge in [0, 0.05) is 6.54 Å². The SMILES string of the molecule is CCCN1C(=O)/C(=C/c2cc(I)c(OCC)c(OC)c2)NC1=S. The van der Waals surface area contributed by atoms with E-state index in [0.717, 1.165) is 15.6 Å². The zero-order valence-corrected chi connectivity index (χ0v) is 16.3. The molecule has 0 aromatic heterocycles. The Hall–Kier alpha value is -1.35.